The van der Waals surface area contributed by atoms with E-state index in [2.05, 4.69) is 84.4 Å². The van der Waals surface area contributed by atoms with Gasteiger partial charge in [0, 0.05) is 42.6 Å². The van der Waals surface area contributed by atoms with E-state index >= 15 is 0 Å². The largest absolute Gasteiger partial charge is 0.490 e. The number of hydrogen-bond acceptors (Lipinski definition) is 4. The number of hydrogen-bond donors (Lipinski definition) is 1. The number of nitrogens with zero attached hydrogens (tertiary/aromatic N) is 2. The first-order valence-electron chi connectivity index (χ1n) is 13.8. The summed E-state index contributed by atoms with van der Waals surface area (Å²) in [4.78, 5) is 0. The number of ether oxygens (including phenoxy) is 2. The molecular formula is C33H35N3O2. The van der Waals surface area contributed by atoms with Crippen LogP contribution in [0.5, 0.6) is 5.75 Å². The topological polar surface area (TPSA) is 59.2 Å². The average Bonchev–Trinajstić information content (AvgIpc) is 3.20. The van der Waals surface area contributed by atoms with Crippen LogP contribution in [0.3, 0.4) is 0 Å². The summed E-state index contributed by atoms with van der Waals surface area (Å²) >= 11 is 0. The Morgan fingerprint density at radius 1 is 0.947 bits per heavy atom. The smallest absolute Gasteiger partial charge is 0.121 e. The summed E-state index contributed by atoms with van der Waals surface area (Å²) in [6.07, 6.45) is 5.53. The molecule has 0 atom stereocenters. The molecule has 1 saturated carbocycles. The molecule has 1 aromatic heterocycles. The summed E-state index contributed by atoms with van der Waals surface area (Å²) in [7, 11) is 0. The van der Waals surface area contributed by atoms with E-state index in [4.69, 9.17) is 9.47 Å². The minimum Gasteiger partial charge on any atom is -0.490 e. The molecule has 0 unspecified atom stereocenters. The van der Waals surface area contributed by atoms with Crippen molar-refractivity contribution in [3.63, 3.8) is 0 Å². The van der Waals surface area contributed by atoms with Crippen molar-refractivity contribution in [2.24, 2.45) is 0 Å². The van der Waals surface area contributed by atoms with E-state index < -0.39 is 0 Å². The van der Waals surface area contributed by atoms with Gasteiger partial charge in [-0.3, -0.25) is 0 Å². The zero-order valence-corrected chi connectivity index (χ0v) is 22.3. The minimum atomic E-state index is 0.187. The summed E-state index contributed by atoms with van der Waals surface area (Å²) in [6, 6.07) is 24.4. The molecular weight excluding hydrogens is 470 g/mol. The van der Waals surface area contributed by atoms with Gasteiger partial charge < -0.3 is 19.4 Å². The van der Waals surface area contributed by atoms with Crippen molar-refractivity contribution in [1.29, 1.82) is 5.26 Å². The van der Waals surface area contributed by atoms with E-state index in [-0.39, 0.29) is 6.10 Å². The molecule has 0 spiro atoms. The number of aryl methyl sites for hydroxylation is 2. The van der Waals surface area contributed by atoms with Crippen LogP contribution in [-0.4, -0.2) is 23.9 Å². The molecule has 5 heteroatoms. The Morgan fingerprint density at radius 2 is 1.68 bits per heavy atom. The van der Waals surface area contributed by atoms with Crippen LogP contribution in [-0.2, 0) is 11.3 Å². The zero-order valence-electron chi connectivity index (χ0n) is 22.3. The number of fused-ring (bicyclic) bond motifs is 1. The van der Waals surface area contributed by atoms with Crippen LogP contribution in [0.4, 0.5) is 5.69 Å². The highest BCUT2D eigenvalue weighted by Crippen LogP contribution is 2.43. The fourth-order valence-corrected chi connectivity index (χ4v) is 5.89. The van der Waals surface area contributed by atoms with E-state index in [1.54, 1.807) is 0 Å². The molecule has 0 radical (unpaired) electrons. The Hall–Kier alpha value is -3.75. The normalized spacial score (nSPS) is 16.2. The van der Waals surface area contributed by atoms with Gasteiger partial charge in [-0.15, -0.1) is 0 Å². The number of anilines is 1. The second-order valence-corrected chi connectivity index (χ2v) is 10.8. The van der Waals surface area contributed by atoms with Crippen molar-refractivity contribution in [2.45, 2.75) is 64.6 Å². The van der Waals surface area contributed by atoms with Crippen LogP contribution in [0.25, 0.3) is 22.2 Å². The van der Waals surface area contributed by atoms with Gasteiger partial charge in [-0.25, -0.2) is 0 Å². The number of nitrogens with one attached hydrogen (secondary N) is 1. The zero-order chi connectivity index (χ0) is 26.1. The molecule has 194 valence electrons. The molecule has 1 aliphatic heterocycles. The predicted octanol–water partition coefficient (Wildman–Crippen LogP) is 7.69. The van der Waals surface area contributed by atoms with Crippen molar-refractivity contribution in [1.82, 2.24) is 4.57 Å². The third kappa shape index (κ3) is 4.89. The third-order valence-electron chi connectivity index (χ3n) is 7.93. The summed E-state index contributed by atoms with van der Waals surface area (Å²) in [5, 5.41) is 14.8. The predicted molar refractivity (Wildman–Crippen MR) is 153 cm³/mol. The van der Waals surface area contributed by atoms with Crippen LogP contribution < -0.4 is 10.1 Å². The standard InChI is InChI=1S/C33H35N3O2/c1-22-16-23(2)18-24(17-22)21-35-26-8-6-25(7-9-26)33-31(20-34)30-11-10-29(38-28-12-14-37-15-13-28)19-32(30)36(33)27-4-3-5-27/h6-11,16-19,27-28,35H,3-5,12-15,21H2,1-2H3. The highest BCUT2D eigenvalue weighted by atomic mass is 16.5. The SMILES string of the molecule is Cc1cc(C)cc(CNc2ccc(-c3c(C#N)c4ccc(OC5CCOCC5)cc4n3C3CCC3)cc2)c1. The summed E-state index contributed by atoms with van der Waals surface area (Å²) in [5.74, 6) is 0.879. The summed E-state index contributed by atoms with van der Waals surface area (Å²) in [6.45, 7) is 6.56. The molecule has 38 heavy (non-hydrogen) atoms. The van der Waals surface area contributed by atoms with Gasteiger partial charge in [-0.05, 0) is 68.5 Å². The fraction of sp³-hybridized carbons (Fsp3) is 0.364. The van der Waals surface area contributed by atoms with Crippen molar-refractivity contribution < 1.29 is 9.47 Å². The maximum absolute atomic E-state index is 10.3. The fourth-order valence-electron chi connectivity index (χ4n) is 5.89. The van der Waals surface area contributed by atoms with Crippen LogP contribution >= 0.6 is 0 Å². The third-order valence-corrected chi connectivity index (χ3v) is 7.93. The molecule has 5 nitrogen and oxygen atoms in total. The van der Waals surface area contributed by atoms with Crippen LogP contribution in [0.15, 0.2) is 60.7 Å². The van der Waals surface area contributed by atoms with Crippen molar-refractivity contribution >= 4 is 16.6 Å². The number of nitriles is 1. The second kappa shape index (κ2) is 10.6. The highest BCUT2D eigenvalue weighted by molar-refractivity contribution is 5.95. The van der Waals surface area contributed by atoms with E-state index in [0.29, 0.717) is 6.04 Å². The van der Waals surface area contributed by atoms with Gasteiger partial charge in [-0.2, -0.15) is 5.26 Å². The minimum absolute atomic E-state index is 0.187. The first-order chi connectivity index (χ1) is 18.6. The van der Waals surface area contributed by atoms with Gasteiger partial charge in [0.05, 0.1) is 30.0 Å². The Balaban J connectivity index is 1.32. The number of aromatic nitrogens is 1. The first kappa shape index (κ1) is 24.6. The lowest BCUT2D eigenvalue weighted by molar-refractivity contribution is 0.0256. The van der Waals surface area contributed by atoms with Crippen molar-refractivity contribution in [3.05, 3.63) is 82.9 Å². The maximum atomic E-state index is 10.3. The number of benzene rings is 3. The molecule has 0 bridgehead atoms. The average molecular weight is 506 g/mol. The van der Waals surface area contributed by atoms with Gasteiger partial charge >= 0.3 is 0 Å². The first-order valence-corrected chi connectivity index (χ1v) is 13.8. The molecule has 2 fully saturated rings. The lowest BCUT2D eigenvalue weighted by atomic mass is 9.92. The van der Waals surface area contributed by atoms with Crippen LogP contribution in [0.1, 0.15) is 60.4 Å². The molecule has 4 aromatic rings. The van der Waals surface area contributed by atoms with E-state index in [1.165, 1.54) is 23.1 Å². The van der Waals surface area contributed by atoms with Crippen LogP contribution in [0, 0.1) is 25.2 Å². The molecule has 2 heterocycles. The van der Waals surface area contributed by atoms with Gasteiger partial charge in [0.15, 0.2) is 0 Å². The maximum Gasteiger partial charge on any atom is 0.121 e. The van der Waals surface area contributed by atoms with E-state index in [1.807, 2.05) is 6.07 Å². The van der Waals surface area contributed by atoms with E-state index in [0.717, 1.165) is 84.6 Å². The van der Waals surface area contributed by atoms with Crippen molar-refractivity contribution in [2.75, 3.05) is 18.5 Å². The van der Waals surface area contributed by atoms with E-state index in [9.17, 15) is 5.26 Å². The highest BCUT2D eigenvalue weighted by Gasteiger charge is 2.28. The van der Waals surface area contributed by atoms with Crippen molar-refractivity contribution in [3.8, 4) is 23.1 Å². The summed E-state index contributed by atoms with van der Waals surface area (Å²) < 4.78 is 14.3. The molecule has 1 aliphatic carbocycles. The second-order valence-electron chi connectivity index (χ2n) is 10.8. The van der Waals surface area contributed by atoms with Gasteiger partial charge in [-0.1, -0.05) is 41.5 Å². The number of rotatable bonds is 7. The Morgan fingerprint density at radius 3 is 2.34 bits per heavy atom. The Bertz CT molecular complexity index is 1470. The summed E-state index contributed by atoms with van der Waals surface area (Å²) in [5.41, 5.74) is 8.87. The Labute approximate surface area is 225 Å². The van der Waals surface area contributed by atoms with Gasteiger partial charge in [0.25, 0.3) is 0 Å². The Kier molecular flexibility index (Phi) is 6.82. The van der Waals surface area contributed by atoms with Crippen LogP contribution in [0.2, 0.25) is 0 Å². The molecule has 6 rings (SSSR count). The van der Waals surface area contributed by atoms with Gasteiger partial charge in [0.1, 0.15) is 17.9 Å². The quantitative estimate of drug-likeness (QED) is 0.280. The molecule has 1 saturated heterocycles. The lowest BCUT2D eigenvalue weighted by Gasteiger charge is -2.30. The molecule has 2 aliphatic rings. The van der Waals surface area contributed by atoms with Gasteiger partial charge in [0.2, 0.25) is 0 Å². The monoisotopic (exact) mass is 505 g/mol. The molecule has 1 N–H and O–H groups in total. The molecule has 3 aromatic carbocycles. The molecule has 0 amide bonds. The lowest BCUT2D eigenvalue weighted by Crippen LogP contribution is -2.25.